The van der Waals surface area contributed by atoms with Gasteiger partial charge in [0.05, 0.1) is 0 Å². The molecule has 0 N–H and O–H groups in total. The van der Waals surface area contributed by atoms with Crippen LogP contribution in [0.5, 0.6) is 17.2 Å². The van der Waals surface area contributed by atoms with E-state index in [0.717, 1.165) is 47.9 Å². The molecule has 0 heterocycles. The van der Waals surface area contributed by atoms with Gasteiger partial charge in [0.15, 0.2) is 0 Å². The molecule has 3 aromatic rings. The molecule has 0 bridgehead atoms. The zero-order chi connectivity index (χ0) is 39.9. The first-order chi connectivity index (χ1) is 23.6. The average molecular weight is 733 g/mol. The predicted octanol–water partition coefficient (Wildman–Crippen LogP) is 15.0. The van der Waals surface area contributed by atoms with Crippen molar-refractivity contribution in [2.45, 2.75) is 190 Å². The van der Waals surface area contributed by atoms with Gasteiger partial charge in [-0.25, -0.2) is 0 Å². The second kappa shape index (κ2) is 15.2. The summed E-state index contributed by atoms with van der Waals surface area (Å²) in [5, 5.41) is 0. The van der Waals surface area contributed by atoms with Gasteiger partial charge in [-0.3, -0.25) is 0 Å². The number of phosphoric acid groups is 1. The largest absolute Gasteiger partial charge is 0.647 e. The molecule has 0 atom stereocenters. The molecule has 3 aromatic carbocycles. The van der Waals surface area contributed by atoms with Crippen LogP contribution in [0, 0.1) is 6.92 Å². The Morgan fingerprint density at radius 3 is 1.13 bits per heavy atom. The minimum atomic E-state index is -4.40. The molecular formula is C47H73O4P. The molecule has 52 heavy (non-hydrogen) atoms. The van der Waals surface area contributed by atoms with Gasteiger partial charge in [-0.1, -0.05) is 155 Å². The van der Waals surface area contributed by atoms with E-state index in [1.54, 1.807) is 0 Å². The summed E-state index contributed by atoms with van der Waals surface area (Å²) in [6, 6.07) is 16.7. The van der Waals surface area contributed by atoms with Crippen LogP contribution in [0.3, 0.4) is 0 Å². The molecular weight excluding hydrogens is 659 g/mol. The van der Waals surface area contributed by atoms with Crippen LogP contribution in [0.1, 0.15) is 189 Å². The number of benzene rings is 3. The van der Waals surface area contributed by atoms with Crippen molar-refractivity contribution in [1.29, 1.82) is 0 Å². The summed E-state index contributed by atoms with van der Waals surface area (Å²) >= 11 is 0. The van der Waals surface area contributed by atoms with Crippen molar-refractivity contribution in [2.24, 2.45) is 0 Å². The lowest BCUT2D eigenvalue weighted by Gasteiger charge is -2.34. The third-order valence-electron chi connectivity index (χ3n) is 12.1. The first-order valence-corrected chi connectivity index (χ1v) is 21.2. The highest BCUT2D eigenvalue weighted by Gasteiger charge is 2.40. The average Bonchev–Trinajstić information content (AvgIpc) is 3.03. The first-order valence-electron chi connectivity index (χ1n) is 19.7. The van der Waals surface area contributed by atoms with Crippen molar-refractivity contribution in [3.63, 3.8) is 0 Å². The predicted molar refractivity (Wildman–Crippen MR) is 224 cm³/mol. The standard InChI is InChI=1S/C47H73O4P/c1-20-44(12,13)33-24-27-38(36(30-33)46(16,17)22-3)49-52(48,51-40-29-26-35(42(6,7)8)32(5)41(40)43(9,10)11)50-39-28-25-34(45(14,15)21-2)31-37(39)47(18,19)23-4/h24-31H,20-23H2,1-19H3. The van der Waals surface area contributed by atoms with Crippen LogP contribution in [0.25, 0.3) is 0 Å². The molecule has 0 aliphatic carbocycles. The molecule has 4 nitrogen and oxygen atoms in total. The van der Waals surface area contributed by atoms with Gasteiger partial charge in [0, 0.05) is 16.7 Å². The topological polar surface area (TPSA) is 44.8 Å². The summed E-state index contributed by atoms with van der Waals surface area (Å²) in [5.41, 5.74) is 6.80. The Kier molecular flexibility index (Phi) is 12.8. The van der Waals surface area contributed by atoms with E-state index in [-0.39, 0.29) is 32.5 Å². The molecule has 0 spiro atoms. The Balaban J connectivity index is 2.41. The summed E-state index contributed by atoms with van der Waals surface area (Å²) in [6.45, 7) is 42.1. The van der Waals surface area contributed by atoms with Crippen molar-refractivity contribution in [1.82, 2.24) is 0 Å². The van der Waals surface area contributed by atoms with E-state index in [2.05, 4.69) is 162 Å². The van der Waals surface area contributed by atoms with Crippen LogP contribution in [0.15, 0.2) is 48.5 Å². The molecule has 0 aliphatic rings. The molecule has 0 aromatic heterocycles. The maximum Gasteiger partial charge on any atom is 0.647 e. The molecule has 5 heteroatoms. The summed E-state index contributed by atoms with van der Waals surface area (Å²) in [4.78, 5) is 0. The first kappa shape index (κ1) is 43.7. The lowest BCUT2D eigenvalue weighted by atomic mass is 9.76. The van der Waals surface area contributed by atoms with E-state index in [9.17, 15) is 0 Å². The maximum absolute atomic E-state index is 15.7. The van der Waals surface area contributed by atoms with Gasteiger partial charge in [0.2, 0.25) is 0 Å². The minimum Gasteiger partial charge on any atom is -0.386 e. The van der Waals surface area contributed by atoms with Crippen molar-refractivity contribution < 1.29 is 18.1 Å². The zero-order valence-electron chi connectivity index (χ0n) is 36.5. The highest BCUT2D eigenvalue weighted by atomic mass is 31.2. The molecule has 0 aliphatic heterocycles. The third kappa shape index (κ3) is 9.50. The van der Waals surface area contributed by atoms with Gasteiger partial charge in [0.1, 0.15) is 17.2 Å². The summed E-state index contributed by atoms with van der Waals surface area (Å²) < 4.78 is 36.0. The van der Waals surface area contributed by atoms with Crippen LogP contribution >= 0.6 is 7.82 Å². The number of hydrogen-bond donors (Lipinski definition) is 0. The summed E-state index contributed by atoms with van der Waals surface area (Å²) in [6.07, 6.45) is 3.72. The normalized spacial score (nSPS) is 13.7. The van der Waals surface area contributed by atoms with Crippen LogP contribution in [-0.2, 0) is 37.1 Å². The Morgan fingerprint density at radius 1 is 0.462 bits per heavy atom. The Labute approximate surface area is 319 Å². The third-order valence-corrected chi connectivity index (χ3v) is 13.4. The lowest BCUT2D eigenvalue weighted by molar-refractivity contribution is 0.289. The van der Waals surface area contributed by atoms with Gasteiger partial charge in [-0.2, -0.15) is 4.57 Å². The zero-order valence-corrected chi connectivity index (χ0v) is 37.4. The Morgan fingerprint density at radius 2 is 0.808 bits per heavy atom. The van der Waals surface area contributed by atoms with Gasteiger partial charge in [-0.15, -0.1) is 0 Å². The van der Waals surface area contributed by atoms with Gasteiger partial charge in [0.25, 0.3) is 0 Å². The fourth-order valence-corrected chi connectivity index (χ4v) is 8.14. The summed E-state index contributed by atoms with van der Waals surface area (Å²) in [5.74, 6) is 1.55. The van der Waals surface area contributed by atoms with E-state index >= 15 is 4.57 Å². The number of rotatable bonds is 14. The molecule has 0 radical (unpaired) electrons. The van der Waals surface area contributed by atoms with Crippen LogP contribution < -0.4 is 13.6 Å². The highest BCUT2D eigenvalue weighted by Crippen LogP contribution is 2.56. The Bertz CT molecular complexity index is 1680. The minimum absolute atomic E-state index is 0.0314. The van der Waals surface area contributed by atoms with E-state index in [4.69, 9.17) is 13.6 Å². The van der Waals surface area contributed by atoms with Gasteiger partial charge >= 0.3 is 7.82 Å². The van der Waals surface area contributed by atoms with Crippen molar-refractivity contribution in [2.75, 3.05) is 0 Å². The van der Waals surface area contributed by atoms with Crippen molar-refractivity contribution >= 4 is 7.82 Å². The molecule has 0 fully saturated rings. The smallest absolute Gasteiger partial charge is 0.386 e. The van der Waals surface area contributed by atoms with Crippen molar-refractivity contribution in [3.8, 4) is 17.2 Å². The fourth-order valence-electron chi connectivity index (χ4n) is 6.83. The second-order valence-corrected chi connectivity index (χ2v) is 21.1. The van der Waals surface area contributed by atoms with E-state index in [1.165, 1.54) is 16.7 Å². The SMILES string of the molecule is CCC(C)(C)c1ccc(OP(=O)(Oc2ccc(C(C)(C)CC)cc2C(C)(C)CC)Oc2ccc(C(C)(C)C)c(C)c2C(C)(C)C)c(C(C)(C)CC)c1. The second-order valence-electron chi connectivity index (χ2n) is 19.7. The molecule has 3 rings (SSSR count). The molecule has 0 unspecified atom stereocenters. The Hall–Kier alpha value is -2.71. The van der Waals surface area contributed by atoms with Crippen LogP contribution in [-0.4, -0.2) is 0 Å². The fraction of sp³-hybridized carbons (Fsp3) is 0.617. The monoisotopic (exact) mass is 733 g/mol. The molecule has 290 valence electrons. The van der Waals surface area contributed by atoms with Crippen molar-refractivity contribution in [3.05, 3.63) is 87.5 Å². The van der Waals surface area contributed by atoms with Gasteiger partial charge < -0.3 is 13.6 Å². The number of hydrogen-bond acceptors (Lipinski definition) is 4. The quantitative estimate of drug-likeness (QED) is 0.155. The van der Waals surface area contributed by atoms with Crippen LogP contribution in [0.4, 0.5) is 0 Å². The maximum atomic E-state index is 15.7. The molecule has 0 saturated heterocycles. The highest BCUT2D eigenvalue weighted by molar-refractivity contribution is 7.49. The van der Waals surface area contributed by atoms with E-state index in [0.29, 0.717) is 17.2 Å². The molecule has 0 amide bonds. The van der Waals surface area contributed by atoms with Crippen LogP contribution in [0.2, 0.25) is 0 Å². The summed E-state index contributed by atoms with van der Waals surface area (Å²) in [7, 11) is -4.40. The molecule has 0 saturated carbocycles. The van der Waals surface area contributed by atoms with E-state index in [1.807, 2.05) is 18.2 Å². The number of phosphoric ester groups is 1. The van der Waals surface area contributed by atoms with E-state index < -0.39 is 7.82 Å². The lowest BCUT2D eigenvalue weighted by Crippen LogP contribution is -2.23. The van der Waals surface area contributed by atoms with Gasteiger partial charge in [-0.05, 0) is 106 Å².